The van der Waals surface area contributed by atoms with Crippen LogP contribution in [0.2, 0.25) is 0 Å². The molecule has 0 aromatic carbocycles. The monoisotopic (exact) mass is 235 g/mol. The van der Waals surface area contributed by atoms with Crippen LogP contribution in [0.4, 0.5) is 0 Å². The Balaban J connectivity index is 4.60. The first-order chi connectivity index (χ1) is 7.02. The maximum Gasteiger partial charge on any atom is 0.321 e. The molecule has 0 aliphatic heterocycles. The molecule has 6 heteroatoms. The highest BCUT2D eigenvalue weighted by atomic mass is 35.5. The molecule has 0 aliphatic rings. The van der Waals surface area contributed by atoms with E-state index in [-0.39, 0.29) is 0 Å². The molecule has 15 heavy (non-hydrogen) atoms. The lowest BCUT2D eigenvalue weighted by Crippen LogP contribution is -2.24. The third kappa shape index (κ3) is 5.27. The Kier molecular flexibility index (Phi) is 6.53. The highest BCUT2D eigenvalue weighted by molar-refractivity contribution is 6.18. The number of nitrogens with one attached hydrogen (secondary N) is 1. The van der Waals surface area contributed by atoms with Crippen molar-refractivity contribution in [2.75, 3.05) is 12.4 Å². The zero-order valence-corrected chi connectivity index (χ0v) is 9.12. The largest absolute Gasteiger partial charge is 0.480 e. The summed E-state index contributed by atoms with van der Waals surface area (Å²) >= 11 is 5.44. The fourth-order valence-corrected chi connectivity index (χ4v) is 1.05. The van der Waals surface area contributed by atoms with Crippen molar-refractivity contribution in [3.63, 3.8) is 0 Å². The minimum absolute atomic E-state index is 0.377. The molecule has 5 nitrogen and oxygen atoms in total. The Hall–Kier alpha value is -1.23. The van der Waals surface area contributed by atoms with E-state index < -0.39 is 17.9 Å². The van der Waals surface area contributed by atoms with E-state index in [1.54, 1.807) is 6.92 Å². The Morgan fingerprint density at radius 1 is 1.40 bits per heavy atom. The molecule has 0 aromatic rings. The second kappa shape index (κ2) is 7.11. The summed E-state index contributed by atoms with van der Waals surface area (Å²) in [5.74, 6) is -3.88. The van der Waals surface area contributed by atoms with Gasteiger partial charge in [-0.3, -0.25) is 9.59 Å². The first-order valence-corrected chi connectivity index (χ1v) is 5.02. The zero-order chi connectivity index (χ0) is 11.8. The SMILES string of the molecule is CCC(=CC(C(=O)O)C(=O)O)NCCCl. The lowest BCUT2D eigenvalue weighted by Gasteiger charge is -2.09. The topological polar surface area (TPSA) is 86.6 Å². The van der Waals surface area contributed by atoms with E-state index in [4.69, 9.17) is 21.8 Å². The summed E-state index contributed by atoms with van der Waals surface area (Å²) in [7, 11) is 0. The Morgan fingerprint density at radius 2 is 1.93 bits per heavy atom. The summed E-state index contributed by atoms with van der Waals surface area (Å²) in [6.07, 6.45) is 1.73. The number of hydrogen-bond acceptors (Lipinski definition) is 3. The van der Waals surface area contributed by atoms with Crippen molar-refractivity contribution in [1.82, 2.24) is 5.32 Å². The molecule has 0 spiro atoms. The van der Waals surface area contributed by atoms with Gasteiger partial charge in [-0.05, 0) is 12.5 Å². The van der Waals surface area contributed by atoms with Gasteiger partial charge in [-0.25, -0.2) is 0 Å². The van der Waals surface area contributed by atoms with Gasteiger partial charge in [0.15, 0.2) is 5.92 Å². The van der Waals surface area contributed by atoms with E-state index in [9.17, 15) is 9.59 Å². The molecule has 0 amide bonds. The van der Waals surface area contributed by atoms with Gasteiger partial charge >= 0.3 is 11.9 Å². The van der Waals surface area contributed by atoms with Crippen LogP contribution in [-0.4, -0.2) is 34.6 Å². The molecule has 0 unspecified atom stereocenters. The van der Waals surface area contributed by atoms with Gasteiger partial charge in [0.05, 0.1) is 0 Å². The Morgan fingerprint density at radius 3 is 2.27 bits per heavy atom. The molecular weight excluding hydrogens is 222 g/mol. The second-order valence-electron chi connectivity index (χ2n) is 2.82. The van der Waals surface area contributed by atoms with Crippen molar-refractivity contribution in [2.24, 2.45) is 5.92 Å². The molecule has 3 N–H and O–H groups in total. The van der Waals surface area contributed by atoms with Crippen LogP contribution in [0.1, 0.15) is 13.3 Å². The van der Waals surface area contributed by atoms with Crippen LogP contribution in [0.3, 0.4) is 0 Å². The van der Waals surface area contributed by atoms with Crippen molar-refractivity contribution in [2.45, 2.75) is 13.3 Å². The fourth-order valence-electron chi connectivity index (χ4n) is 0.959. The first-order valence-electron chi connectivity index (χ1n) is 4.49. The van der Waals surface area contributed by atoms with Crippen LogP contribution >= 0.6 is 11.6 Å². The molecule has 0 rings (SSSR count). The van der Waals surface area contributed by atoms with Crippen molar-refractivity contribution in [1.29, 1.82) is 0 Å². The molecule has 86 valence electrons. The number of alkyl halides is 1. The summed E-state index contributed by atoms with van der Waals surface area (Å²) in [4.78, 5) is 21.2. The van der Waals surface area contributed by atoms with E-state index in [0.717, 1.165) is 0 Å². The first kappa shape index (κ1) is 13.8. The third-order valence-electron chi connectivity index (χ3n) is 1.73. The minimum Gasteiger partial charge on any atom is -0.480 e. The molecular formula is C9H14ClNO4. The molecule has 0 bridgehead atoms. The van der Waals surface area contributed by atoms with E-state index >= 15 is 0 Å². The number of carbonyl (C=O) groups is 2. The van der Waals surface area contributed by atoms with Gasteiger partial charge in [-0.2, -0.15) is 0 Å². The van der Waals surface area contributed by atoms with E-state index in [2.05, 4.69) is 5.32 Å². The highest BCUT2D eigenvalue weighted by Crippen LogP contribution is 2.06. The van der Waals surface area contributed by atoms with E-state index in [0.29, 0.717) is 24.5 Å². The van der Waals surface area contributed by atoms with Crippen LogP contribution in [0.25, 0.3) is 0 Å². The standard InChI is InChI=1S/C9H14ClNO4/c1-2-6(11-4-3-10)5-7(8(12)13)9(14)15/h5,7,11H,2-4H2,1H3,(H,12,13)(H,14,15). The maximum absolute atomic E-state index is 10.6. The van der Waals surface area contributed by atoms with Crippen LogP contribution < -0.4 is 5.32 Å². The van der Waals surface area contributed by atoms with Crippen LogP contribution in [-0.2, 0) is 9.59 Å². The number of hydrogen-bond donors (Lipinski definition) is 3. The fraction of sp³-hybridized carbons (Fsp3) is 0.556. The van der Waals surface area contributed by atoms with Gasteiger partial charge in [0.2, 0.25) is 0 Å². The number of rotatable bonds is 7. The van der Waals surface area contributed by atoms with E-state index in [1.807, 2.05) is 0 Å². The predicted octanol–water partition coefficient (Wildman–Crippen LogP) is 0.894. The number of aliphatic carboxylic acids is 2. The maximum atomic E-state index is 10.6. The van der Waals surface area contributed by atoms with Crippen molar-refractivity contribution in [3.8, 4) is 0 Å². The molecule has 0 atom stereocenters. The third-order valence-corrected chi connectivity index (χ3v) is 1.92. The van der Waals surface area contributed by atoms with Crippen LogP contribution in [0, 0.1) is 5.92 Å². The smallest absolute Gasteiger partial charge is 0.321 e. The Bertz CT molecular complexity index is 251. The molecule has 0 aliphatic carbocycles. The van der Waals surface area contributed by atoms with Crippen LogP contribution in [0.15, 0.2) is 11.8 Å². The van der Waals surface area contributed by atoms with Crippen molar-refractivity contribution >= 4 is 23.5 Å². The average molecular weight is 236 g/mol. The second-order valence-corrected chi connectivity index (χ2v) is 3.19. The van der Waals surface area contributed by atoms with Crippen molar-refractivity contribution in [3.05, 3.63) is 11.8 Å². The van der Waals surface area contributed by atoms with Gasteiger partial charge in [-0.1, -0.05) is 6.92 Å². The summed E-state index contributed by atoms with van der Waals surface area (Å²) in [5.41, 5.74) is 0.574. The molecule has 0 fully saturated rings. The molecule has 0 saturated carbocycles. The quantitative estimate of drug-likeness (QED) is 0.451. The number of carboxylic acids is 2. The number of allylic oxidation sites excluding steroid dienone is 1. The number of carboxylic acid groups (broad SMARTS) is 2. The molecule has 0 aromatic heterocycles. The predicted molar refractivity (Wildman–Crippen MR) is 55.9 cm³/mol. The number of halogens is 1. The summed E-state index contributed by atoms with van der Waals surface area (Å²) in [6, 6.07) is 0. The molecule has 0 radical (unpaired) electrons. The zero-order valence-electron chi connectivity index (χ0n) is 8.36. The van der Waals surface area contributed by atoms with Crippen LogP contribution in [0.5, 0.6) is 0 Å². The van der Waals surface area contributed by atoms with Gasteiger partial charge in [0.25, 0.3) is 0 Å². The van der Waals surface area contributed by atoms with Gasteiger partial charge < -0.3 is 15.5 Å². The Labute approximate surface area is 92.7 Å². The minimum atomic E-state index is -1.51. The van der Waals surface area contributed by atoms with Gasteiger partial charge in [0.1, 0.15) is 0 Å². The van der Waals surface area contributed by atoms with Crippen molar-refractivity contribution < 1.29 is 19.8 Å². The molecule has 0 heterocycles. The normalized spacial score (nSPS) is 11.5. The van der Waals surface area contributed by atoms with Gasteiger partial charge in [0, 0.05) is 18.1 Å². The average Bonchev–Trinajstić information content (AvgIpc) is 2.17. The molecule has 0 saturated heterocycles. The van der Waals surface area contributed by atoms with Gasteiger partial charge in [-0.15, -0.1) is 11.6 Å². The van der Waals surface area contributed by atoms with E-state index in [1.165, 1.54) is 6.08 Å². The highest BCUT2D eigenvalue weighted by Gasteiger charge is 2.23. The lowest BCUT2D eigenvalue weighted by molar-refractivity contribution is -0.151. The summed E-state index contributed by atoms with van der Waals surface area (Å²) in [5, 5.41) is 20.1. The lowest BCUT2D eigenvalue weighted by atomic mass is 10.1. The summed E-state index contributed by atoms with van der Waals surface area (Å²) in [6.45, 7) is 2.28. The summed E-state index contributed by atoms with van der Waals surface area (Å²) < 4.78 is 0.